The van der Waals surface area contributed by atoms with Gasteiger partial charge in [-0.25, -0.2) is 4.98 Å². The molecular formula is C19H23N5O3. The van der Waals surface area contributed by atoms with Crippen LogP contribution in [-0.2, 0) is 4.79 Å². The Morgan fingerprint density at radius 1 is 1.30 bits per heavy atom. The Morgan fingerprint density at radius 3 is 2.78 bits per heavy atom. The Bertz CT molecular complexity index is 853. The van der Waals surface area contributed by atoms with Crippen LogP contribution in [-0.4, -0.2) is 74.7 Å². The number of aromatic amines is 1. The number of nitrogens with zero attached hydrogens (tertiary/aromatic N) is 4. The number of H-pyrrole nitrogens is 1. The van der Waals surface area contributed by atoms with Crippen molar-refractivity contribution in [3.05, 3.63) is 36.2 Å². The Labute approximate surface area is 157 Å². The molecule has 1 aromatic heterocycles. The Hall–Kier alpha value is -2.74. The lowest BCUT2D eigenvalue weighted by Gasteiger charge is -2.25. The fourth-order valence-corrected chi connectivity index (χ4v) is 4.49. The molecule has 142 valence electrons. The van der Waals surface area contributed by atoms with Gasteiger partial charge >= 0.3 is 5.97 Å². The van der Waals surface area contributed by atoms with E-state index in [1.54, 1.807) is 17.0 Å². The lowest BCUT2D eigenvalue weighted by atomic mass is 9.81. The molecule has 2 aliphatic rings. The molecule has 0 radical (unpaired) electrons. The number of benzene rings is 1. The van der Waals surface area contributed by atoms with Crippen molar-refractivity contribution in [2.75, 3.05) is 32.7 Å². The third kappa shape index (κ3) is 2.90. The van der Waals surface area contributed by atoms with Gasteiger partial charge < -0.3 is 14.9 Å². The van der Waals surface area contributed by atoms with E-state index in [-0.39, 0.29) is 18.4 Å². The van der Waals surface area contributed by atoms with E-state index < -0.39 is 11.4 Å². The molecule has 0 aliphatic carbocycles. The van der Waals surface area contributed by atoms with Gasteiger partial charge in [-0.2, -0.15) is 5.10 Å². The molecule has 2 aliphatic heterocycles. The van der Waals surface area contributed by atoms with Crippen LogP contribution in [0.3, 0.4) is 0 Å². The van der Waals surface area contributed by atoms with Crippen molar-refractivity contribution in [1.29, 1.82) is 0 Å². The van der Waals surface area contributed by atoms with E-state index in [1.165, 1.54) is 6.33 Å². The highest BCUT2D eigenvalue weighted by Gasteiger charge is 2.58. The summed E-state index contributed by atoms with van der Waals surface area (Å²) in [5.41, 5.74) is 0.320. The van der Waals surface area contributed by atoms with Crippen LogP contribution < -0.4 is 0 Å². The number of carbonyl (C=O) groups excluding carboxylic acids is 1. The van der Waals surface area contributed by atoms with Gasteiger partial charge in [0.25, 0.3) is 5.91 Å². The van der Waals surface area contributed by atoms with Gasteiger partial charge in [-0.3, -0.25) is 14.7 Å². The molecule has 0 unspecified atom stereocenters. The smallest absolute Gasteiger partial charge is 0.313 e. The standard InChI is InChI=1S/C19H23N5O3/c1-2-7-23-8-13-9-24(11-19(13,10-23)18(26)27)17(25)15-6-4-3-5-14(15)16-20-12-21-22-16/h3-6,12-13H,2,7-11H2,1H3,(H,26,27)(H,20,21,22)/t13-,19-/m0/s1. The zero-order chi connectivity index (χ0) is 19.0. The van der Waals surface area contributed by atoms with Gasteiger partial charge in [-0.1, -0.05) is 25.1 Å². The number of hydrogen-bond acceptors (Lipinski definition) is 5. The molecule has 2 fully saturated rings. The van der Waals surface area contributed by atoms with E-state index in [0.29, 0.717) is 30.0 Å². The number of nitrogens with one attached hydrogen (secondary N) is 1. The zero-order valence-electron chi connectivity index (χ0n) is 15.3. The third-order valence-corrected chi connectivity index (χ3v) is 5.76. The van der Waals surface area contributed by atoms with Crippen molar-refractivity contribution in [2.45, 2.75) is 13.3 Å². The first-order chi connectivity index (χ1) is 13.0. The summed E-state index contributed by atoms with van der Waals surface area (Å²) in [5.74, 6) is -0.465. The van der Waals surface area contributed by atoms with Crippen LogP contribution in [0.5, 0.6) is 0 Å². The minimum atomic E-state index is -0.869. The van der Waals surface area contributed by atoms with Crippen LogP contribution >= 0.6 is 0 Å². The number of aromatic nitrogens is 3. The topological polar surface area (TPSA) is 102 Å². The summed E-state index contributed by atoms with van der Waals surface area (Å²) in [6.07, 6.45) is 2.40. The minimum Gasteiger partial charge on any atom is -0.481 e. The van der Waals surface area contributed by atoms with Crippen molar-refractivity contribution in [2.24, 2.45) is 11.3 Å². The molecule has 0 saturated carbocycles. The van der Waals surface area contributed by atoms with Crippen molar-refractivity contribution < 1.29 is 14.7 Å². The molecule has 8 nitrogen and oxygen atoms in total. The highest BCUT2D eigenvalue weighted by molar-refractivity contribution is 6.00. The highest BCUT2D eigenvalue weighted by atomic mass is 16.4. The molecule has 1 aromatic carbocycles. The monoisotopic (exact) mass is 369 g/mol. The van der Waals surface area contributed by atoms with E-state index in [2.05, 4.69) is 27.0 Å². The van der Waals surface area contributed by atoms with Crippen LogP contribution in [0.1, 0.15) is 23.7 Å². The number of carboxylic acid groups (broad SMARTS) is 1. The number of carboxylic acids is 1. The molecule has 0 spiro atoms. The van der Waals surface area contributed by atoms with Gasteiger partial charge in [0, 0.05) is 37.7 Å². The number of carbonyl (C=O) groups is 2. The molecule has 0 bridgehead atoms. The largest absolute Gasteiger partial charge is 0.481 e. The second-order valence-corrected chi connectivity index (χ2v) is 7.46. The first-order valence-electron chi connectivity index (χ1n) is 9.25. The van der Waals surface area contributed by atoms with E-state index in [4.69, 9.17) is 0 Å². The van der Waals surface area contributed by atoms with Crippen LogP contribution in [0.4, 0.5) is 0 Å². The van der Waals surface area contributed by atoms with Gasteiger partial charge in [0.2, 0.25) is 0 Å². The van der Waals surface area contributed by atoms with E-state index in [0.717, 1.165) is 19.5 Å². The Balaban J connectivity index is 1.60. The fraction of sp³-hybridized carbons (Fsp3) is 0.474. The van der Waals surface area contributed by atoms with E-state index in [9.17, 15) is 14.7 Å². The predicted molar refractivity (Wildman–Crippen MR) is 98.0 cm³/mol. The molecule has 2 aromatic rings. The Morgan fingerprint density at radius 2 is 2.11 bits per heavy atom. The SMILES string of the molecule is CCCN1C[C@H]2CN(C(=O)c3ccccc3-c3ncn[nH]3)C[C@@]2(C(=O)O)C1. The molecule has 2 N–H and O–H groups in total. The quantitative estimate of drug-likeness (QED) is 0.825. The summed E-state index contributed by atoms with van der Waals surface area (Å²) < 4.78 is 0. The number of rotatable bonds is 5. The van der Waals surface area contributed by atoms with Gasteiger partial charge in [-0.15, -0.1) is 0 Å². The molecule has 4 rings (SSSR count). The number of likely N-dealkylation sites (tertiary alicyclic amines) is 2. The lowest BCUT2D eigenvalue weighted by Crippen LogP contribution is -2.42. The number of aliphatic carboxylic acids is 1. The summed E-state index contributed by atoms with van der Waals surface area (Å²) in [6.45, 7) is 4.94. The molecule has 1 amide bonds. The molecule has 2 atom stereocenters. The third-order valence-electron chi connectivity index (χ3n) is 5.76. The normalized spacial score (nSPS) is 24.9. The summed E-state index contributed by atoms with van der Waals surface area (Å²) in [5, 5.41) is 16.6. The van der Waals surface area contributed by atoms with Gasteiger partial charge in [0.1, 0.15) is 11.7 Å². The first-order valence-corrected chi connectivity index (χ1v) is 9.25. The molecule has 8 heteroatoms. The number of hydrogen-bond donors (Lipinski definition) is 2. The van der Waals surface area contributed by atoms with E-state index in [1.807, 2.05) is 12.1 Å². The van der Waals surface area contributed by atoms with E-state index >= 15 is 0 Å². The summed E-state index contributed by atoms with van der Waals surface area (Å²) >= 11 is 0. The Kier molecular flexibility index (Phi) is 4.43. The van der Waals surface area contributed by atoms with Crippen molar-refractivity contribution in [3.8, 4) is 11.4 Å². The first kappa shape index (κ1) is 17.7. The van der Waals surface area contributed by atoms with Crippen LogP contribution in [0.2, 0.25) is 0 Å². The second kappa shape index (κ2) is 6.77. The maximum absolute atomic E-state index is 13.2. The average Bonchev–Trinajstić information content (AvgIpc) is 3.36. The van der Waals surface area contributed by atoms with Crippen LogP contribution in [0, 0.1) is 11.3 Å². The molecule has 3 heterocycles. The van der Waals surface area contributed by atoms with Crippen molar-refractivity contribution >= 4 is 11.9 Å². The maximum atomic E-state index is 13.2. The van der Waals surface area contributed by atoms with Crippen molar-refractivity contribution in [3.63, 3.8) is 0 Å². The maximum Gasteiger partial charge on any atom is 0.313 e. The lowest BCUT2D eigenvalue weighted by molar-refractivity contribution is -0.148. The average molecular weight is 369 g/mol. The summed E-state index contributed by atoms with van der Waals surface area (Å²) in [7, 11) is 0. The number of fused-ring (bicyclic) bond motifs is 1. The van der Waals surface area contributed by atoms with Crippen LogP contribution in [0.15, 0.2) is 30.6 Å². The summed E-state index contributed by atoms with van der Waals surface area (Å²) in [6, 6.07) is 7.22. The van der Waals surface area contributed by atoms with Gasteiger partial charge in [-0.05, 0) is 19.0 Å². The van der Waals surface area contributed by atoms with Crippen LogP contribution in [0.25, 0.3) is 11.4 Å². The second-order valence-electron chi connectivity index (χ2n) is 7.46. The van der Waals surface area contributed by atoms with Gasteiger partial charge in [0.15, 0.2) is 5.82 Å². The molecule has 2 saturated heterocycles. The number of amides is 1. The van der Waals surface area contributed by atoms with Gasteiger partial charge in [0.05, 0.1) is 5.56 Å². The fourth-order valence-electron chi connectivity index (χ4n) is 4.49. The predicted octanol–water partition coefficient (Wildman–Crippen LogP) is 1.34. The zero-order valence-corrected chi connectivity index (χ0v) is 15.3. The highest BCUT2D eigenvalue weighted by Crippen LogP contribution is 2.43. The van der Waals surface area contributed by atoms with Crippen molar-refractivity contribution in [1.82, 2.24) is 25.0 Å². The minimum absolute atomic E-state index is 0.0389. The molecular weight excluding hydrogens is 346 g/mol. The summed E-state index contributed by atoms with van der Waals surface area (Å²) in [4.78, 5) is 33.4. The molecule has 27 heavy (non-hydrogen) atoms.